The van der Waals surface area contributed by atoms with E-state index in [1.54, 1.807) is 18.2 Å². The number of hydrogen-bond donors (Lipinski definition) is 1. The van der Waals surface area contributed by atoms with Crippen molar-refractivity contribution in [2.24, 2.45) is 0 Å². The van der Waals surface area contributed by atoms with Crippen LogP contribution in [0.2, 0.25) is 0 Å². The van der Waals surface area contributed by atoms with Crippen molar-refractivity contribution in [3.05, 3.63) is 64.2 Å². The Hall–Kier alpha value is -3.90. The molecule has 8 nitrogen and oxygen atoms in total. The molecule has 0 bridgehead atoms. The van der Waals surface area contributed by atoms with Crippen molar-refractivity contribution < 1.29 is 19.0 Å². The summed E-state index contributed by atoms with van der Waals surface area (Å²) in [5.74, 6) is 1.32. The van der Waals surface area contributed by atoms with E-state index in [-0.39, 0.29) is 5.57 Å². The summed E-state index contributed by atoms with van der Waals surface area (Å²) in [7, 11) is 0. The van der Waals surface area contributed by atoms with E-state index in [0.29, 0.717) is 42.0 Å². The molecule has 0 saturated carbocycles. The van der Waals surface area contributed by atoms with Crippen molar-refractivity contribution in [2.75, 3.05) is 25.1 Å². The third-order valence-electron chi connectivity index (χ3n) is 4.97. The molecule has 3 aromatic rings. The number of anilines is 1. The first-order valence-electron chi connectivity index (χ1n) is 11.9. The molecule has 0 saturated heterocycles. The van der Waals surface area contributed by atoms with Gasteiger partial charge in [0, 0.05) is 6.42 Å². The molecule has 2 aromatic carbocycles. The van der Waals surface area contributed by atoms with Crippen LogP contribution >= 0.6 is 11.3 Å². The van der Waals surface area contributed by atoms with E-state index in [2.05, 4.69) is 22.4 Å². The van der Waals surface area contributed by atoms with Gasteiger partial charge in [0.2, 0.25) is 5.13 Å². The summed E-state index contributed by atoms with van der Waals surface area (Å²) in [4.78, 5) is 12.6. The molecule has 0 unspecified atom stereocenters. The number of benzene rings is 2. The Morgan fingerprint density at radius 1 is 1.08 bits per heavy atom. The number of unbranched alkanes of at least 4 members (excludes halogenated alkanes) is 1. The largest absolute Gasteiger partial charge is 0.490 e. The van der Waals surface area contributed by atoms with Crippen LogP contribution in [0.4, 0.5) is 5.13 Å². The molecule has 0 fully saturated rings. The van der Waals surface area contributed by atoms with Crippen LogP contribution in [-0.2, 0) is 11.2 Å². The van der Waals surface area contributed by atoms with Crippen molar-refractivity contribution in [3.63, 3.8) is 0 Å². The molecular formula is C27H30N4O4S. The number of ether oxygens (including phenoxy) is 3. The predicted molar refractivity (Wildman–Crippen MR) is 141 cm³/mol. The van der Waals surface area contributed by atoms with Crippen LogP contribution < -0.4 is 19.5 Å². The average Bonchev–Trinajstić information content (AvgIpc) is 3.32. The number of carbonyl (C=O) groups excluding carboxylic acids is 1. The summed E-state index contributed by atoms with van der Waals surface area (Å²) >= 11 is 1.32. The van der Waals surface area contributed by atoms with E-state index in [4.69, 9.17) is 14.2 Å². The minimum absolute atomic E-state index is 0.0528. The third kappa shape index (κ3) is 8.10. The lowest BCUT2D eigenvalue weighted by Crippen LogP contribution is -2.13. The van der Waals surface area contributed by atoms with E-state index < -0.39 is 5.91 Å². The molecule has 0 spiro atoms. The fraction of sp³-hybridized carbons (Fsp3) is 0.333. The quantitative estimate of drug-likeness (QED) is 0.183. The first kappa shape index (κ1) is 26.7. The second-order valence-corrected chi connectivity index (χ2v) is 8.94. The number of aryl methyl sites for hydroxylation is 2. The monoisotopic (exact) mass is 506 g/mol. The molecule has 0 radical (unpaired) electrons. The van der Waals surface area contributed by atoms with Crippen molar-refractivity contribution in [1.29, 1.82) is 5.26 Å². The van der Waals surface area contributed by atoms with Gasteiger partial charge in [-0.15, -0.1) is 10.2 Å². The highest BCUT2D eigenvalue weighted by atomic mass is 32.1. The molecule has 0 aliphatic carbocycles. The van der Waals surface area contributed by atoms with Gasteiger partial charge in [-0.3, -0.25) is 10.1 Å². The Labute approximate surface area is 215 Å². The Balaban J connectivity index is 1.63. The van der Waals surface area contributed by atoms with Crippen LogP contribution in [0, 0.1) is 18.3 Å². The second-order valence-electron chi connectivity index (χ2n) is 7.88. The van der Waals surface area contributed by atoms with Gasteiger partial charge in [-0.25, -0.2) is 0 Å². The maximum Gasteiger partial charge on any atom is 0.268 e. The molecule has 9 heteroatoms. The van der Waals surface area contributed by atoms with Crippen LogP contribution in [0.5, 0.6) is 17.2 Å². The Kier molecular flexibility index (Phi) is 10.3. The van der Waals surface area contributed by atoms with E-state index in [1.807, 2.05) is 44.2 Å². The van der Waals surface area contributed by atoms with E-state index >= 15 is 0 Å². The van der Waals surface area contributed by atoms with Crippen LogP contribution in [0.1, 0.15) is 42.8 Å². The minimum atomic E-state index is -0.540. The van der Waals surface area contributed by atoms with Gasteiger partial charge >= 0.3 is 0 Å². The normalized spacial score (nSPS) is 11.0. The van der Waals surface area contributed by atoms with Crippen LogP contribution in [-0.4, -0.2) is 35.9 Å². The molecule has 1 amide bonds. The maximum absolute atomic E-state index is 12.6. The maximum atomic E-state index is 12.6. The van der Waals surface area contributed by atoms with Crippen LogP contribution in [0.15, 0.2) is 48.0 Å². The minimum Gasteiger partial charge on any atom is -0.490 e. The van der Waals surface area contributed by atoms with Crippen molar-refractivity contribution in [2.45, 2.75) is 40.0 Å². The van der Waals surface area contributed by atoms with Gasteiger partial charge < -0.3 is 14.2 Å². The number of nitriles is 1. The van der Waals surface area contributed by atoms with Gasteiger partial charge in [-0.1, -0.05) is 42.9 Å². The van der Waals surface area contributed by atoms with Gasteiger partial charge in [0.1, 0.15) is 35.6 Å². The lowest BCUT2D eigenvalue weighted by Gasteiger charge is -2.13. The Morgan fingerprint density at radius 3 is 2.67 bits per heavy atom. The average molecular weight is 507 g/mol. The lowest BCUT2D eigenvalue weighted by atomic mass is 10.1. The Bertz CT molecular complexity index is 1230. The molecule has 36 heavy (non-hydrogen) atoms. The number of nitrogens with zero attached hydrogens (tertiary/aromatic N) is 3. The second kappa shape index (κ2) is 13.9. The molecular weight excluding hydrogens is 476 g/mol. The highest BCUT2D eigenvalue weighted by Gasteiger charge is 2.14. The molecule has 3 rings (SSSR count). The molecule has 1 N–H and O–H groups in total. The first-order chi connectivity index (χ1) is 17.5. The summed E-state index contributed by atoms with van der Waals surface area (Å²) in [5, 5.41) is 21.5. The fourth-order valence-electron chi connectivity index (χ4n) is 3.23. The lowest BCUT2D eigenvalue weighted by molar-refractivity contribution is -0.112. The van der Waals surface area contributed by atoms with E-state index in [0.717, 1.165) is 35.6 Å². The summed E-state index contributed by atoms with van der Waals surface area (Å²) in [6.07, 6.45) is 4.38. The van der Waals surface area contributed by atoms with Gasteiger partial charge in [0.05, 0.1) is 6.61 Å². The summed E-state index contributed by atoms with van der Waals surface area (Å²) < 4.78 is 17.3. The number of rotatable bonds is 13. The molecule has 188 valence electrons. The van der Waals surface area contributed by atoms with Gasteiger partial charge in [-0.2, -0.15) is 5.26 Å². The summed E-state index contributed by atoms with van der Waals surface area (Å²) in [5.41, 5.74) is 1.71. The van der Waals surface area contributed by atoms with Crippen LogP contribution in [0.25, 0.3) is 6.08 Å². The van der Waals surface area contributed by atoms with Crippen molar-refractivity contribution in [1.82, 2.24) is 10.2 Å². The van der Waals surface area contributed by atoms with Gasteiger partial charge in [0.25, 0.3) is 5.91 Å². The fourth-order valence-corrected chi connectivity index (χ4v) is 4.01. The smallest absolute Gasteiger partial charge is 0.268 e. The molecule has 0 aliphatic rings. The zero-order valence-corrected chi connectivity index (χ0v) is 21.6. The molecule has 0 atom stereocenters. The van der Waals surface area contributed by atoms with Crippen molar-refractivity contribution >= 4 is 28.5 Å². The summed E-state index contributed by atoms with van der Waals surface area (Å²) in [6, 6.07) is 15.0. The van der Waals surface area contributed by atoms with Crippen molar-refractivity contribution in [3.8, 4) is 23.3 Å². The Morgan fingerprint density at radius 2 is 1.92 bits per heavy atom. The highest BCUT2D eigenvalue weighted by molar-refractivity contribution is 7.15. The zero-order valence-electron chi connectivity index (χ0n) is 20.7. The van der Waals surface area contributed by atoms with Gasteiger partial charge in [-0.05, 0) is 61.7 Å². The number of amides is 1. The number of aromatic nitrogens is 2. The highest BCUT2D eigenvalue weighted by Crippen LogP contribution is 2.29. The van der Waals surface area contributed by atoms with Crippen LogP contribution in [0.3, 0.4) is 0 Å². The number of hydrogen-bond acceptors (Lipinski definition) is 8. The molecule has 0 aliphatic heterocycles. The molecule has 1 heterocycles. The summed E-state index contributed by atoms with van der Waals surface area (Å²) in [6.45, 7) is 7.13. The molecule has 1 aromatic heterocycles. The number of carbonyl (C=O) groups is 1. The predicted octanol–water partition coefficient (Wildman–Crippen LogP) is 5.59. The third-order valence-corrected chi connectivity index (χ3v) is 5.87. The standard InChI is InChI=1S/C27H30N4O4S/c1-4-6-10-25-30-31-27(36-25)29-26(32)21(18-28)16-20-11-12-23(24(17-20)33-5-2)35-14-13-34-22-9-7-8-19(3)15-22/h7-9,11-12,15-17H,4-6,10,13-14H2,1-3H3,(H,29,31,32). The number of nitrogens with one attached hydrogen (secondary N) is 1. The first-order valence-corrected chi connectivity index (χ1v) is 12.7. The SMILES string of the molecule is CCCCc1nnc(NC(=O)C(C#N)=Cc2ccc(OCCOc3cccc(C)c3)c(OCC)c2)s1. The van der Waals surface area contributed by atoms with E-state index in [9.17, 15) is 10.1 Å². The van der Waals surface area contributed by atoms with Gasteiger partial charge in [0.15, 0.2) is 11.5 Å². The topological polar surface area (TPSA) is 106 Å². The van der Waals surface area contributed by atoms with E-state index in [1.165, 1.54) is 17.4 Å². The zero-order chi connectivity index (χ0) is 25.8.